The molecule has 2 atom stereocenters. The highest BCUT2D eigenvalue weighted by Gasteiger charge is 2.25. The van der Waals surface area contributed by atoms with E-state index in [0.717, 1.165) is 41.9 Å². The number of imidazole rings is 1. The average molecular weight is 349 g/mol. The highest BCUT2D eigenvalue weighted by atomic mass is 16.5. The lowest BCUT2D eigenvalue weighted by molar-refractivity contribution is -0.123. The summed E-state index contributed by atoms with van der Waals surface area (Å²) in [6, 6.07) is 17.7. The molecule has 26 heavy (non-hydrogen) atoms. The first-order valence-corrected chi connectivity index (χ1v) is 9.09. The monoisotopic (exact) mass is 349 g/mol. The van der Waals surface area contributed by atoms with E-state index in [1.54, 1.807) is 0 Å². The first-order chi connectivity index (χ1) is 12.7. The van der Waals surface area contributed by atoms with Gasteiger partial charge in [-0.2, -0.15) is 0 Å². The largest absolute Gasteiger partial charge is 0.378 e. The third kappa shape index (κ3) is 3.35. The molecule has 0 unspecified atom stereocenters. The Bertz CT molecular complexity index is 898. The quantitative estimate of drug-likeness (QED) is 0.768. The predicted octanol–water partition coefficient (Wildman–Crippen LogP) is 3.35. The van der Waals surface area contributed by atoms with Crippen LogP contribution in [0.1, 0.15) is 36.7 Å². The summed E-state index contributed by atoms with van der Waals surface area (Å²) in [5, 5.41) is 3.18. The number of ether oxygens (including phenoxy) is 1. The molecule has 5 heteroatoms. The zero-order valence-electron chi connectivity index (χ0n) is 14.9. The lowest BCUT2D eigenvalue weighted by atomic mass is 10.1. The van der Waals surface area contributed by atoms with Crippen molar-refractivity contribution in [3.8, 4) is 0 Å². The van der Waals surface area contributed by atoms with Gasteiger partial charge in [0, 0.05) is 13.7 Å². The number of para-hydroxylation sites is 2. The Morgan fingerprint density at radius 3 is 2.73 bits per heavy atom. The first-order valence-electron chi connectivity index (χ1n) is 9.09. The molecule has 5 nitrogen and oxygen atoms in total. The molecule has 4 rings (SSSR count). The Kier molecular flexibility index (Phi) is 4.71. The molecule has 0 radical (unpaired) electrons. The van der Waals surface area contributed by atoms with E-state index in [0.29, 0.717) is 6.42 Å². The molecule has 0 bridgehead atoms. The molecule has 1 aliphatic heterocycles. The number of amides is 1. The van der Waals surface area contributed by atoms with E-state index in [2.05, 4.69) is 9.88 Å². The second-order valence-corrected chi connectivity index (χ2v) is 6.77. The Labute approximate surface area is 153 Å². The maximum absolute atomic E-state index is 12.7. The zero-order valence-corrected chi connectivity index (χ0v) is 14.9. The molecule has 0 aliphatic carbocycles. The molecule has 1 fully saturated rings. The summed E-state index contributed by atoms with van der Waals surface area (Å²) in [5.74, 6) is 0.830. The van der Waals surface area contributed by atoms with Crippen LogP contribution in [0.15, 0.2) is 54.6 Å². The smallest absolute Gasteiger partial charge is 0.223 e. The van der Waals surface area contributed by atoms with Gasteiger partial charge in [-0.25, -0.2) is 4.98 Å². The molecule has 2 heterocycles. The summed E-state index contributed by atoms with van der Waals surface area (Å²) in [7, 11) is 1.99. The van der Waals surface area contributed by atoms with Crippen molar-refractivity contribution >= 4 is 16.9 Å². The van der Waals surface area contributed by atoms with Crippen LogP contribution in [-0.4, -0.2) is 28.2 Å². The number of hydrogen-bond acceptors (Lipinski definition) is 3. The van der Waals surface area contributed by atoms with Gasteiger partial charge in [0.05, 0.1) is 23.6 Å². The third-order valence-electron chi connectivity index (χ3n) is 4.96. The standard InChI is InChI=1S/C21H23N3O2/c1-24-18-12-6-5-11-17(18)22-21(24)20(15-8-3-2-4-9-15)23-19(25)14-16-10-7-13-26-16/h2-6,8-9,11-12,16,20H,7,10,13-14H2,1H3,(H,23,25)/t16-,20-/m0/s1. The molecule has 2 aromatic carbocycles. The molecule has 1 aliphatic rings. The van der Waals surface area contributed by atoms with Crippen molar-refractivity contribution in [1.29, 1.82) is 0 Å². The molecule has 1 amide bonds. The summed E-state index contributed by atoms with van der Waals surface area (Å²) in [6.07, 6.45) is 2.42. The van der Waals surface area contributed by atoms with E-state index < -0.39 is 0 Å². The lowest BCUT2D eigenvalue weighted by Gasteiger charge is -2.20. The van der Waals surface area contributed by atoms with Crippen LogP contribution in [0.3, 0.4) is 0 Å². The highest BCUT2D eigenvalue weighted by molar-refractivity contribution is 5.79. The minimum atomic E-state index is -0.289. The predicted molar refractivity (Wildman–Crippen MR) is 101 cm³/mol. The first kappa shape index (κ1) is 16.8. The van der Waals surface area contributed by atoms with Crippen molar-refractivity contribution < 1.29 is 9.53 Å². The van der Waals surface area contributed by atoms with Crippen LogP contribution in [0.5, 0.6) is 0 Å². The maximum Gasteiger partial charge on any atom is 0.223 e. The molecular formula is C21H23N3O2. The van der Waals surface area contributed by atoms with Gasteiger partial charge in [0.1, 0.15) is 11.9 Å². The van der Waals surface area contributed by atoms with Crippen LogP contribution in [0, 0.1) is 0 Å². The van der Waals surface area contributed by atoms with Crippen LogP contribution in [0.25, 0.3) is 11.0 Å². The maximum atomic E-state index is 12.7. The fourth-order valence-electron chi connectivity index (χ4n) is 3.60. The molecule has 1 aromatic heterocycles. The van der Waals surface area contributed by atoms with Crippen LogP contribution in [0.2, 0.25) is 0 Å². The molecule has 1 N–H and O–H groups in total. The van der Waals surface area contributed by atoms with Gasteiger partial charge in [-0.1, -0.05) is 42.5 Å². The number of aryl methyl sites for hydroxylation is 1. The number of carbonyl (C=O) groups excluding carboxylic acids is 1. The van der Waals surface area contributed by atoms with E-state index in [9.17, 15) is 4.79 Å². The van der Waals surface area contributed by atoms with Crippen LogP contribution < -0.4 is 5.32 Å². The number of hydrogen-bond donors (Lipinski definition) is 1. The van der Waals surface area contributed by atoms with E-state index in [-0.39, 0.29) is 18.1 Å². The van der Waals surface area contributed by atoms with Crippen molar-refractivity contribution in [3.63, 3.8) is 0 Å². The van der Waals surface area contributed by atoms with Crippen molar-refractivity contribution in [1.82, 2.24) is 14.9 Å². The zero-order chi connectivity index (χ0) is 17.9. The van der Waals surface area contributed by atoms with Crippen LogP contribution in [0.4, 0.5) is 0 Å². The molecule has 0 saturated carbocycles. The SMILES string of the molecule is Cn1c([C@@H](NC(=O)C[C@@H]2CCCO2)c2ccccc2)nc2ccccc21. The minimum absolute atomic E-state index is 0.00203. The van der Waals surface area contributed by atoms with Gasteiger partial charge in [0.2, 0.25) is 5.91 Å². The summed E-state index contributed by atoms with van der Waals surface area (Å²) in [5.41, 5.74) is 3.00. The van der Waals surface area contributed by atoms with Gasteiger partial charge in [0.25, 0.3) is 0 Å². The van der Waals surface area contributed by atoms with Gasteiger partial charge >= 0.3 is 0 Å². The number of benzene rings is 2. The van der Waals surface area contributed by atoms with Crippen molar-refractivity contribution in [2.45, 2.75) is 31.4 Å². The number of rotatable bonds is 5. The minimum Gasteiger partial charge on any atom is -0.378 e. The number of nitrogens with one attached hydrogen (secondary N) is 1. The number of fused-ring (bicyclic) bond motifs is 1. The summed E-state index contributed by atoms with van der Waals surface area (Å²) in [6.45, 7) is 0.755. The van der Waals surface area contributed by atoms with Crippen LogP contribution in [-0.2, 0) is 16.6 Å². The van der Waals surface area contributed by atoms with Gasteiger partial charge in [-0.15, -0.1) is 0 Å². The third-order valence-corrected chi connectivity index (χ3v) is 4.96. The van der Waals surface area contributed by atoms with Gasteiger partial charge in [0.15, 0.2) is 0 Å². The second kappa shape index (κ2) is 7.30. The highest BCUT2D eigenvalue weighted by Crippen LogP contribution is 2.25. The lowest BCUT2D eigenvalue weighted by Crippen LogP contribution is -2.33. The van der Waals surface area contributed by atoms with E-state index in [1.165, 1.54) is 0 Å². The Morgan fingerprint density at radius 1 is 1.23 bits per heavy atom. The molecule has 0 spiro atoms. The topological polar surface area (TPSA) is 56.2 Å². The molecule has 134 valence electrons. The fraction of sp³-hybridized carbons (Fsp3) is 0.333. The van der Waals surface area contributed by atoms with Crippen molar-refractivity contribution in [2.75, 3.05) is 6.61 Å². The van der Waals surface area contributed by atoms with Gasteiger partial charge < -0.3 is 14.6 Å². The molecule has 3 aromatic rings. The molecular weight excluding hydrogens is 326 g/mol. The van der Waals surface area contributed by atoms with E-state index in [1.807, 2.05) is 61.6 Å². The number of nitrogens with zero attached hydrogens (tertiary/aromatic N) is 2. The van der Waals surface area contributed by atoms with Gasteiger partial charge in [-0.3, -0.25) is 4.79 Å². The summed E-state index contributed by atoms with van der Waals surface area (Å²) in [4.78, 5) is 17.4. The Balaban J connectivity index is 1.66. The average Bonchev–Trinajstić information content (AvgIpc) is 3.29. The summed E-state index contributed by atoms with van der Waals surface area (Å²) < 4.78 is 7.66. The summed E-state index contributed by atoms with van der Waals surface area (Å²) >= 11 is 0. The normalized spacial score (nSPS) is 18.1. The van der Waals surface area contributed by atoms with Crippen molar-refractivity contribution in [2.24, 2.45) is 7.05 Å². The van der Waals surface area contributed by atoms with E-state index >= 15 is 0 Å². The fourth-order valence-corrected chi connectivity index (χ4v) is 3.60. The number of aromatic nitrogens is 2. The molecule has 1 saturated heterocycles. The van der Waals surface area contributed by atoms with Gasteiger partial charge in [-0.05, 0) is 30.5 Å². The van der Waals surface area contributed by atoms with Crippen molar-refractivity contribution in [3.05, 3.63) is 66.0 Å². The number of carbonyl (C=O) groups is 1. The van der Waals surface area contributed by atoms with E-state index in [4.69, 9.17) is 9.72 Å². The Morgan fingerprint density at radius 2 is 2.00 bits per heavy atom. The second-order valence-electron chi connectivity index (χ2n) is 6.77. The van der Waals surface area contributed by atoms with Crippen LogP contribution >= 0.6 is 0 Å². The Hall–Kier alpha value is -2.66.